The highest BCUT2D eigenvalue weighted by molar-refractivity contribution is 14.1. The Morgan fingerprint density at radius 1 is 1.11 bits per heavy atom. The molecule has 0 fully saturated rings. The molecule has 7 nitrogen and oxygen atoms in total. The third-order valence-corrected chi connectivity index (χ3v) is 5.14. The number of sulfonamides is 1. The predicted octanol–water partition coefficient (Wildman–Crippen LogP) is 2.96. The summed E-state index contributed by atoms with van der Waals surface area (Å²) in [6, 6.07) is 16.5. The number of carbonyl (C=O) groups excluding carboxylic acids is 1. The standard InChI is InChI=1S/C18H14IN3O4S/c19-14-3-1-2-13(10-14)18(23)22-21-11-15-6-9-17(26-15)12-4-7-16(8-5-12)27(20,24)25/h1-11H,(H,22,23)(H2,20,24,25). The fourth-order valence-corrected chi connectivity index (χ4v) is 3.29. The van der Waals surface area contributed by atoms with E-state index in [0.29, 0.717) is 22.6 Å². The van der Waals surface area contributed by atoms with Crippen molar-refractivity contribution in [2.75, 3.05) is 0 Å². The van der Waals surface area contributed by atoms with Crippen LogP contribution >= 0.6 is 22.6 Å². The number of nitrogens with one attached hydrogen (secondary N) is 1. The minimum absolute atomic E-state index is 0.0258. The van der Waals surface area contributed by atoms with Crippen LogP contribution in [0.5, 0.6) is 0 Å². The van der Waals surface area contributed by atoms with E-state index in [1.165, 1.54) is 18.3 Å². The number of primary sulfonamides is 1. The number of carbonyl (C=O) groups is 1. The first-order chi connectivity index (χ1) is 12.8. The van der Waals surface area contributed by atoms with Crippen LogP contribution in [0.1, 0.15) is 16.1 Å². The summed E-state index contributed by atoms with van der Waals surface area (Å²) >= 11 is 2.13. The molecule has 0 aliphatic rings. The molecule has 27 heavy (non-hydrogen) atoms. The lowest BCUT2D eigenvalue weighted by atomic mass is 10.2. The van der Waals surface area contributed by atoms with Gasteiger partial charge in [0.2, 0.25) is 10.0 Å². The number of hydrogen-bond acceptors (Lipinski definition) is 5. The third kappa shape index (κ3) is 5.02. The summed E-state index contributed by atoms with van der Waals surface area (Å²) in [7, 11) is -3.73. The topological polar surface area (TPSA) is 115 Å². The fraction of sp³-hybridized carbons (Fsp3) is 0. The molecule has 0 saturated heterocycles. The Bertz CT molecular complexity index is 1110. The van der Waals surface area contributed by atoms with Gasteiger partial charge >= 0.3 is 0 Å². The van der Waals surface area contributed by atoms with Crippen molar-refractivity contribution in [1.29, 1.82) is 0 Å². The molecule has 1 aromatic heterocycles. The number of rotatable bonds is 5. The molecule has 0 saturated carbocycles. The van der Waals surface area contributed by atoms with Gasteiger partial charge in [-0.05, 0) is 77.2 Å². The van der Waals surface area contributed by atoms with Crippen LogP contribution in [0.2, 0.25) is 0 Å². The Morgan fingerprint density at radius 2 is 1.85 bits per heavy atom. The van der Waals surface area contributed by atoms with Crippen LogP contribution in [0, 0.1) is 3.57 Å². The molecule has 0 aliphatic heterocycles. The lowest BCUT2D eigenvalue weighted by molar-refractivity contribution is 0.0955. The zero-order valence-electron chi connectivity index (χ0n) is 13.8. The van der Waals surface area contributed by atoms with Gasteiger partial charge in [0, 0.05) is 14.7 Å². The van der Waals surface area contributed by atoms with Crippen LogP contribution in [-0.2, 0) is 10.0 Å². The van der Waals surface area contributed by atoms with Crippen LogP contribution in [0.25, 0.3) is 11.3 Å². The van der Waals surface area contributed by atoms with Crippen molar-refractivity contribution in [2.24, 2.45) is 10.2 Å². The van der Waals surface area contributed by atoms with Gasteiger partial charge in [-0.1, -0.05) is 6.07 Å². The average Bonchev–Trinajstić information content (AvgIpc) is 3.10. The van der Waals surface area contributed by atoms with Gasteiger partial charge in [0.25, 0.3) is 5.91 Å². The Kier molecular flexibility index (Phi) is 5.73. The molecule has 138 valence electrons. The van der Waals surface area contributed by atoms with E-state index in [1.807, 2.05) is 6.07 Å². The number of nitrogens with two attached hydrogens (primary N) is 1. The molecule has 3 aromatic rings. The van der Waals surface area contributed by atoms with Gasteiger partial charge in [0.05, 0.1) is 11.1 Å². The van der Waals surface area contributed by atoms with E-state index in [9.17, 15) is 13.2 Å². The lowest BCUT2D eigenvalue weighted by Gasteiger charge is -2.00. The largest absolute Gasteiger partial charge is 0.455 e. The van der Waals surface area contributed by atoms with Gasteiger partial charge in [-0.25, -0.2) is 19.0 Å². The summed E-state index contributed by atoms with van der Waals surface area (Å²) in [4.78, 5) is 12.0. The summed E-state index contributed by atoms with van der Waals surface area (Å²) in [6.07, 6.45) is 1.38. The van der Waals surface area contributed by atoms with Crippen molar-refractivity contribution in [3.05, 3.63) is 75.6 Å². The average molecular weight is 495 g/mol. The Balaban J connectivity index is 1.67. The monoisotopic (exact) mass is 495 g/mol. The number of hydrogen-bond donors (Lipinski definition) is 2. The van der Waals surface area contributed by atoms with E-state index in [-0.39, 0.29) is 10.8 Å². The van der Waals surface area contributed by atoms with Gasteiger partial charge < -0.3 is 4.42 Å². The molecule has 0 atom stereocenters. The number of hydrazone groups is 1. The minimum atomic E-state index is -3.73. The molecule has 0 bridgehead atoms. The molecular formula is C18H14IN3O4S. The lowest BCUT2D eigenvalue weighted by Crippen LogP contribution is -2.17. The van der Waals surface area contributed by atoms with Crippen LogP contribution in [0.4, 0.5) is 0 Å². The number of halogens is 1. The van der Waals surface area contributed by atoms with Gasteiger partial charge in [-0.15, -0.1) is 0 Å². The molecule has 0 spiro atoms. The molecule has 2 aromatic carbocycles. The quantitative estimate of drug-likeness (QED) is 0.322. The van der Waals surface area contributed by atoms with Crippen molar-refractivity contribution >= 4 is 44.7 Å². The summed E-state index contributed by atoms with van der Waals surface area (Å²) in [5.41, 5.74) is 3.63. The Labute approximate surface area is 169 Å². The van der Waals surface area contributed by atoms with E-state index >= 15 is 0 Å². The van der Waals surface area contributed by atoms with Gasteiger partial charge in [0.15, 0.2) is 0 Å². The van der Waals surface area contributed by atoms with E-state index in [1.54, 1.807) is 42.5 Å². The maximum atomic E-state index is 12.0. The van der Waals surface area contributed by atoms with Gasteiger partial charge in [-0.3, -0.25) is 4.79 Å². The zero-order chi connectivity index (χ0) is 19.4. The third-order valence-electron chi connectivity index (χ3n) is 3.54. The molecule has 0 aliphatic carbocycles. The van der Waals surface area contributed by atoms with E-state index in [2.05, 4.69) is 33.1 Å². The Morgan fingerprint density at radius 3 is 2.52 bits per heavy atom. The predicted molar refractivity (Wildman–Crippen MR) is 110 cm³/mol. The van der Waals surface area contributed by atoms with Crippen LogP contribution in [0.15, 0.2) is 75.1 Å². The maximum absolute atomic E-state index is 12.0. The number of nitrogens with zero attached hydrogens (tertiary/aromatic N) is 1. The molecule has 1 heterocycles. The van der Waals surface area contributed by atoms with Crippen molar-refractivity contribution in [1.82, 2.24) is 5.43 Å². The highest BCUT2D eigenvalue weighted by atomic mass is 127. The number of benzene rings is 2. The van der Waals surface area contributed by atoms with Crippen molar-refractivity contribution in [3.8, 4) is 11.3 Å². The van der Waals surface area contributed by atoms with Crippen LogP contribution in [0.3, 0.4) is 0 Å². The number of amides is 1. The first-order valence-corrected chi connectivity index (χ1v) is 10.3. The SMILES string of the molecule is NS(=O)(=O)c1ccc(-c2ccc(C=NNC(=O)c3cccc(I)c3)o2)cc1. The smallest absolute Gasteiger partial charge is 0.271 e. The van der Waals surface area contributed by atoms with E-state index in [4.69, 9.17) is 9.56 Å². The molecule has 0 radical (unpaired) electrons. The van der Waals surface area contributed by atoms with Crippen LogP contribution < -0.4 is 10.6 Å². The summed E-state index contributed by atoms with van der Waals surface area (Å²) in [6.45, 7) is 0. The summed E-state index contributed by atoms with van der Waals surface area (Å²) in [5.74, 6) is 0.639. The minimum Gasteiger partial charge on any atom is -0.455 e. The maximum Gasteiger partial charge on any atom is 0.271 e. The van der Waals surface area contributed by atoms with Crippen molar-refractivity contribution < 1.29 is 17.6 Å². The second-order valence-corrected chi connectivity index (χ2v) is 8.29. The molecule has 3 N–H and O–H groups in total. The first kappa shape index (κ1) is 19.3. The molecule has 1 amide bonds. The molecule has 9 heteroatoms. The van der Waals surface area contributed by atoms with Crippen molar-refractivity contribution in [2.45, 2.75) is 4.90 Å². The summed E-state index contributed by atoms with van der Waals surface area (Å²) in [5, 5.41) is 8.96. The first-order valence-electron chi connectivity index (χ1n) is 7.65. The zero-order valence-corrected chi connectivity index (χ0v) is 16.8. The normalized spacial score (nSPS) is 11.6. The van der Waals surface area contributed by atoms with E-state index in [0.717, 1.165) is 3.57 Å². The van der Waals surface area contributed by atoms with Crippen LogP contribution in [-0.4, -0.2) is 20.5 Å². The van der Waals surface area contributed by atoms with Gasteiger partial charge in [-0.2, -0.15) is 5.10 Å². The second-order valence-electron chi connectivity index (χ2n) is 5.48. The Hall–Kier alpha value is -2.50. The molecule has 0 unspecified atom stereocenters. The van der Waals surface area contributed by atoms with Gasteiger partial charge in [0.1, 0.15) is 11.5 Å². The number of furan rings is 1. The highest BCUT2D eigenvalue weighted by Crippen LogP contribution is 2.22. The molecule has 3 rings (SSSR count). The van der Waals surface area contributed by atoms with E-state index < -0.39 is 10.0 Å². The fourth-order valence-electron chi connectivity index (χ4n) is 2.24. The van der Waals surface area contributed by atoms with Crippen molar-refractivity contribution in [3.63, 3.8) is 0 Å². The summed E-state index contributed by atoms with van der Waals surface area (Å²) < 4.78 is 29.1. The molecular weight excluding hydrogens is 481 g/mol. The highest BCUT2D eigenvalue weighted by Gasteiger charge is 2.09. The second kappa shape index (κ2) is 8.03.